The molecule has 1 aromatic rings. The van der Waals surface area contributed by atoms with E-state index in [9.17, 15) is 4.79 Å². The SMILES string of the molecule is COC(=O)C(c1nccs1)C(C)C. The number of methoxy groups -OCH3 is 1. The highest BCUT2D eigenvalue weighted by molar-refractivity contribution is 7.09. The summed E-state index contributed by atoms with van der Waals surface area (Å²) in [5.41, 5.74) is 0. The highest BCUT2D eigenvalue weighted by Crippen LogP contribution is 2.26. The molecule has 0 spiro atoms. The molecule has 13 heavy (non-hydrogen) atoms. The molecule has 0 aromatic carbocycles. The van der Waals surface area contributed by atoms with Crippen LogP contribution in [0.25, 0.3) is 0 Å². The van der Waals surface area contributed by atoms with Crippen LogP contribution in [0.5, 0.6) is 0 Å². The average Bonchev–Trinajstić information content (AvgIpc) is 2.56. The van der Waals surface area contributed by atoms with Crippen LogP contribution in [0.15, 0.2) is 11.6 Å². The Morgan fingerprint density at radius 1 is 1.62 bits per heavy atom. The van der Waals surface area contributed by atoms with E-state index in [1.54, 1.807) is 6.20 Å². The standard InChI is InChI=1S/C9H13NO2S/c1-6(2)7(9(11)12-3)8-10-4-5-13-8/h4-7H,1-3H3. The summed E-state index contributed by atoms with van der Waals surface area (Å²) in [6.07, 6.45) is 1.71. The van der Waals surface area contributed by atoms with Crippen LogP contribution in [-0.2, 0) is 9.53 Å². The van der Waals surface area contributed by atoms with Gasteiger partial charge in [0.25, 0.3) is 0 Å². The average molecular weight is 199 g/mol. The van der Waals surface area contributed by atoms with Gasteiger partial charge < -0.3 is 4.74 Å². The number of aromatic nitrogens is 1. The Morgan fingerprint density at radius 3 is 2.69 bits per heavy atom. The first-order valence-electron chi connectivity index (χ1n) is 4.14. The summed E-state index contributed by atoms with van der Waals surface area (Å²) in [7, 11) is 1.41. The second-order valence-electron chi connectivity index (χ2n) is 3.12. The van der Waals surface area contributed by atoms with Crippen molar-refractivity contribution in [2.45, 2.75) is 19.8 Å². The van der Waals surface area contributed by atoms with Gasteiger partial charge in [0, 0.05) is 11.6 Å². The van der Waals surface area contributed by atoms with E-state index in [0.717, 1.165) is 5.01 Å². The largest absolute Gasteiger partial charge is 0.468 e. The normalized spacial score (nSPS) is 12.9. The molecule has 0 fully saturated rings. The van der Waals surface area contributed by atoms with E-state index in [-0.39, 0.29) is 17.8 Å². The third kappa shape index (κ3) is 2.28. The van der Waals surface area contributed by atoms with E-state index in [4.69, 9.17) is 4.74 Å². The van der Waals surface area contributed by atoms with E-state index in [0.29, 0.717) is 0 Å². The van der Waals surface area contributed by atoms with Gasteiger partial charge in [-0.2, -0.15) is 0 Å². The van der Waals surface area contributed by atoms with E-state index in [1.165, 1.54) is 18.4 Å². The molecule has 0 amide bonds. The highest BCUT2D eigenvalue weighted by atomic mass is 32.1. The van der Waals surface area contributed by atoms with Crippen molar-refractivity contribution in [3.8, 4) is 0 Å². The van der Waals surface area contributed by atoms with Crippen LogP contribution < -0.4 is 0 Å². The van der Waals surface area contributed by atoms with Gasteiger partial charge in [0.05, 0.1) is 7.11 Å². The van der Waals surface area contributed by atoms with E-state index in [2.05, 4.69) is 4.98 Å². The molecule has 1 atom stereocenters. The fraction of sp³-hybridized carbons (Fsp3) is 0.556. The number of nitrogens with zero attached hydrogens (tertiary/aromatic N) is 1. The molecule has 0 bridgehead atoms. The van der Waals surface area contributed by atoms with Gasteiger partial charge in [0.15, 0.2) is 0 Å². The van der Waals surface area contributed by atoms with Crippen molar-refractivity contribution in [1.29, 1.82) is 0 Å². The number of carbonyl (C=O) groups excluding carboxylic acids is 1. The zero-order chi connectivity index (χ0) is 9.84. The van der Waals surface area contributed by atoms with Crippen LogP contribution >= 0.6 is 11.3 Å². The first kappa shape index (κ1) is 10.2. The fourth-order valence-corrected chi connectivity index (χ4v) is 2.07. The lowest BCUT2D eigenvalue weighted by molar-refractivity contribution is -0.143. The zero-order valence-electron chi connectivity index (χ0n) is 7.98. The van der Waals surface area contributed by atoms with Gasteiger partial charge in [0.1, 0.15) is 10.9 Å². The smallest absolute Gasteiger partial charge is 0.315 e. The third-order valence-electron chi connectivity index (χ3n) is 1.84. The Bertz CT molecular complexity index is 269. The van der Waals surface area contributed by atoms with Crippen LogP contribution in [0, 0.1) is 5.92 Å². The zero-order valence-corrected chi connectivity index (χ0v) is 8.80. The Morgan fingerprint density at radius 2 is 2.31 bits per heavy atom. The Hall–Kier alpha value is -0.900. The first-order valence-corrected chi connectivity index (χ1v) is 5.02. The maximum absolute atomic E-state index is 11.4. The topological polar surface area (TPSA) is 39.2 Å². The summed E-state index contributed by atoms with van der Waals surface area (Å²) >= 11 is 1.49. The van der Waals surface area contributed by atoms with Gasteiger partial charge in [-0.25, -0.2) is 4.98 Å². The number of hydrogen-bond donors (Lipinski definition) is 0. The van der Waals surface area contributed by atoms with Crippen molar-refractivity contribution in [1.82, 2.24) is 4.98 Å². The van der Waals surface area contributed by atoms with Crippen molar-refractivity contribution in [2.75, 3.05) is 7.11 Å². The predicted octanol–water partition coefficient (Wildman–Crippen LogP) is 2.06. The van der Waals surface area contributed by atoms with Crippen molar-refractivity contribution in [3.63, 3.8) is 0 Å². The van der Waals surface area contributed by atoms with Gasteiger partial charge in [-0.1, -0.05) is 13.8 Å². The highest BCUT2D eigenvalue weighted by Gasteiger charge is 2.26. The molecule has 0 radical (unpaired) electrons. The molecule has 1 unspecified atom stereocenters. The minimum atomic E-state index is -0.218. The van der Waals surface area contributed by atoms with Crippen LogP contribution in [0.3, 0.4) is 0 Å². The van der Waals surface area contributed by atoms with Gasteiger partial charge in [-0.15, -0.1) is 11.3 Å². The fourth-order valence-electron chi connectivity index (χ4n) is 1.17. The number of ether oxygens (including phenoxy) is 1. The second kappa shape index (κ2) is 4.37. The number of thiazole rings is 1. The molecule has 72 valence electrons. The van der Waals surface area contributed by atoms with Crippen molar-refractivity contribution in [2.24, 2.45) is 5.92 Å². The van der Waals surface area contributed by atoms with Crippen molar-refractivity contribution >= 4 is 17.3 Å². The minimum Gasteiger partial charge on any atom is -0.468 e. The summed E-state index contributed by atoms with van der Waals surface area (Å²) in [4.78, 5) is 15.5. The lowest BCUT2D eigenvalue weighted by Gasteiger charge is -2.15. The second-order valence-corrected chi connectivity index (χ2v) is 4.04. The van der Waals surface area contributed by atoms with Gasteiger partial charge in [0.2, 0.25) is 0 Å². The van der Waals surface area contributed by atoms with Crippen molar-refractivity contribution in [3.05, 3.63) is 16.6 Å². The summed E-state index contributed by atoms with van der Waals surface area (Å²) in [6.45, 7) is 3.98. The predicted molar refractivity (Wildman–Crippen MR) is 51.7 cm³/mol. The quantitative estimate of drug-likeness (QED) is 0.699. The van der Waals surface area contributed by atoms with E-state index >= 15 is 0 Å². The summed E-state index contributed by atoms with van der Waals surface area (Å²) in [5.74, 6) is -0.200. The van der Waals surface area contributed by atoms with Crippen LogP contribution in [0.1, 0.15) is 24.8 Å². The Kier molecular flexibility index (Phi) is 3.42. The summed E-state index contributed by atoms with van der Waals surface area (Å²) < 4.78 is 4.73. The Balaban J connectivity index is 2.87. The van der Waals surface area contributed by atoms with Gasteiger partial charge in [-0.3, -0.25) is 4.79 Å². The molecular formula is C9H13NO2S. The molecule has 0 N–H and O–H groups in total. The lowest BCUT2D eigenvalue weighted by Crippen LogP contribution is -2.19. The molecule has 0 aliphatic carbocycles. The number of esters is 1. The van der Waals surface area contributed by atoms with Crippen molar-refractivity contribution < 1.29 is 9.53 Å². The number of carbonyl (C=O) groups is 1. The number of rotatable bonds is 3. The molecule has 3 nitrogen and oxygen atoms in total. The Labute approximate surface area is 81.8 Å². The van der Waals surface area contributed by atoms with Gasteiger partial charge in [-0.05, 0) is 5.92 Å². The maximum atomic E-state index is 11.4. The van der Waals surface area contributed by atoms with E-state index < -0.39 is 0 Å². The lowest BCUT2D eigenvalue weighted by atomic mass is 9.97. The molecule has 1 heterocycles. The minimum absolute atomic E-state index is 0.204. The molecule has 0 aliphatic heterocycles. The van der Waals surface area contributed by atoms with Crippen LogP contribution in [0.4, 0.5) is 0 Å². The molecule has 0 saturated heterocycles. The molecular weight excluding hydrogens is 186 g/mol. The first-order chi connectivity index (χ1) is 6.16. The monoisotopic (exact) mass is 199 g/mol. The third-order valence-corrected chi connectivity index (χ3v) is 2.70. The molecule has 0 aliphatic rings. The molecule has 1 rings (SSSR count). The van der Waals surface area contributed by atoms with E-state index in [1.807, 2.05) is 19.2 Å². The molecule has 1 aromatic heterocycles. The summed E-state index contributed by atoms with van der Waals surface area (Å²) in [6, 6.07) is 0. The van der Waals surface area contributed by atoms with Crippen LogP contribution in [0.2, 0.25) is 0 Å². The molecule has 0 saturated carbocycles. The summed E-state index contributed by atoms with van der Waals surface area (Å²) in [5, 5.41) is 2.70. The van der Waals surface area contributed by atoms with Crippen LogP contribution in [-0.4, -0.2) is 18.1 Å². The molecule has 4 heteroatoms. The van der Waals surface area contributed by atoms with Gasteiger partial charge >= 0.3 is 5.97 Å². The number of hydrogen-bond acceptors (Lipinski definition) is 4. The maximum Gasteiger partial charge on any atom is 0.315 e.